The molecule has 2 fully saturated rings. The minimum Gasteiger partial charge on any atom is -0.359 e. The lowest BCUT2D eigenvalue weighted by Gasteiger charge is -2.32. The lowest BCUT2D eigenvalue weighted by atomic mass is 9.96. The molecule has 1 N–H and O–H groups in total. The molecule has 1 unspecified atom stereocenters. The van der Waals surface area contributed by atoms with E-state index in [4.69, 9.17) is 0 Å². The van der Waals surface area contributed by atoms with Crippen LogP contribution in [0.25, 0.3) is 0 Å². The molecular formula is C19H27N3O2. The fraction of sp³-hybridized carbons (Fsp3) is 0.579. The molecule has 0 saturated carbocycles. The van der Waals surface area contributed by atoms with Crippen LogP contribution in [0.3, 0.4) is 0 Å². The Bertz CT molecular complexity index is 567. The van der Waals surface area contributed by atoms with Crippen molar-refractivity contribution in [2.24, 2.45) is 5.92 Å². The van der Waals surface area contributed by atoms with E-state index in [1.165, 1.54) is 5.56 Å². The number of hydrogen-bond acceptors (Lipinski definition) is 3. The van der Waals surface area contributed by atoms with E-state index in [1.54, 1.807) is 7.05 Å². The lowest BCUT2D eigenvalue weighted by Crippen LogP contribution is -2.45. The van der Waals surface area contributed by atoms with Crippen LogP contribution in [-0.4, -0.2) is 61.4 Å². The number of nitrogens with zero attached hydrogens (tertiary/aromatic N) is 2. The molecule has 5 nitrogen and oxygen atoms in total. The first-order valence-electron chi connectivity index (χ1n) is 8.94. The highest BCUT2D eigenvalue weighted by Gasteiger charge is 2.30. The number of nitrogens with one attached hydrogen (secondary N) is 1. The Balaban J connectivity index is 1.46. The van der Waals surface area contributed by atoms with Crippen LogP contribution in [0.1, 0.15) is 30.7 Å². The van der Waals surface area contributed by atoms with Gasteiger partial charge in [-0.2, -0.15) is 0 Å². The largest absolute Gasteiger partial charge is 0.359 e. The van der Waals surface area contributed by atoms with Crippen LogP contribution >= 0.6 is 0 Å². The van der Waals surface area contributed by atoms with Crippen molar-refractivity contribution < 1.29 is 9.59 Å². The Morgan fingerprint density at radius 3 is 2.46 bits per heavy atom. The normalized spacial score (nSPS) is 22.5. The zero-order chi connectivity index (χ0) is 16.9. The Hall–Kier alpha value is -1.88. The molecule has 2 amide bonds. The van der Waals surface area contributed by atoms with Crippen molar-refractivity contribution in [3.8, 4) is 0 Å². The summed E-state index contributed by atoms with van der Waals surface area (Å²) in [6, 6.07) is 10.6. The molecule has 2 aliphatic heterocycles. The molecule has 5 heteroatoms. The number of likely N-dealkylation sites (tertiary alicyclic amines) is 2. The van der Waals surface area contributed by atoms with Crippen LogP contribution in [0.15, 0.2) is 30.3 Å². The van der Waals surface area contributed by atoms with Crippen LogP contribution in [0.4, 0.5) is 0 Å². The number of amides is 2. The highest BCUT2D eigenvalue weighted by atomic mass is 16.2. The van der Waals surface area contributed by atoms with Crippen molar-refractivity contribution in [1.82, 2.24) is 15.1 Å². The number of carbonyl (C=O) groups is 2. The van der Waals surface area contributed by atoms with Gasteiger partial charge in [-0.15, -0.1) is 0 Å². The van der Waals surface area contributed by atoms with Crippen molar-refractivity contribution in [2.45, 2.75) is 25.2 Å². The van der Waals surface area contributed by atoms with Crippen LogP contribution in [0.2, 0.25) is 0 Å². The zero-order valence-electron chi connectivity index (χ0n) is 14.4. The molecule has 0 radical (unpaired) electrons. The zero-order valence-corrected chi connectivity index (χ0v) is 14.4. The van der Waals surface area contributed by atoms with Gasteiger partial charge in [-0.3, -0.25) is 14.5 Å². The second-order valence-corrected chi connectivity index (χ2v) is 6.90. The summed E-state index contributed by atoms with van der Waals surface area (Å²) in [7, 11) is 1.68. The third kappa shape index (κ3) is 3.96. The predicted molar refractivity (Wildman–Crippen MR) is 93.6 cm³/mol. The average molecular weight is 329 g/mol. The van der Waals surface area contributed by atoms with Gasteiger partial charge in [-0.05, 0) is 37.3 Å². The van der Waals surface area contributed by atoms with E-state index < -0.39 is 0 Å². The molecule has 3 rings (SSSR count). The van der Waals surface area contributed by atoms with Gasteiger partial charge in [-0.25, -0.2) is 0 Å². The van der Waals surface area contributed by atoms with E-state index in [-0.39, 0.29) is 17.7 Å². The smallest absolute Gasteiger partial charge is 0.236 e. The highest BCUT2D eigenvalue weighted by Crippen LogP contribution is 2.27. The number of carbonyl (C=O) groups excluding carboxylic acids is 2. The molecule has 2 saturated heterocycles. The van der Waals surface area contributed by atoms with Crippen LogP contribution in [0, 0.1) is 5.92 Å². The molecule has 1 aromatic rings. The topological polar surface area (TPSA) is 52.7 Å². The molecule has 0 bridgehead atoms. The lowest BCUT2D eigenvalue weighted by molar-refractivity contribution is -0.136. The first-order valence-corrected chi connectivity index (χ1v) is 8.94. The van der Waals surface area contributed by atoms with E-state index >= 15 is 0 Å². The minimum absolute atomic E-state index is 0.0632. The van der Waals surface area contributed by atoms with Gasteiger partial charge in [-0.1, -0.05) is 30.3 Å². The Kier molecular flexibility index (Phi) is 5.51. The van der Waals surface area contributed by atoms with Gasteiger partial charge in [0.05, 0.1) is 6.54 Å². The molecule has 0 aliphatic carbocycles. The second kappa shape index (κ2) is 7.79. The molecule has 0 aromatic heterocycles. The van der Waals surface area contributed by atoms with Crippen molar-refractivity contribution in [1.29, 1.82) is 0 Å². The van der Waals surface area contributed by atoms with E-state index in [1.807, 2.05) is 11.0 Å². The monoisotopic (exact) mass is 329 g/mol. The standard InChI is InChI=1S/C19H27N3O2/c1-20-19(24)16-8-11-22(12-9-16)18(23)14-21-10-7-17(13-21)15-5-3-2-4-6-15/h2-6,16-17H,7-14H2,1H3,(H,20,24). The molecule has 1 atom stereocenters. The second-order valence-electron chi connectivity index (χ2n) is 6.90. The fourth-order valence-electron chi connectivity index (χ4n) is 3.86. The third-order valence-corrected chi connectivity index (χ3v) is 5.37. The fourth-order valence-corrected chi connectivity index (χ4v) is 3.86. The van der Waals surface area contributed by atoms with Gasteiger partial charge >= 0.3 is 0 Å². The summed E-state index contributed by atoms with van der Waals surface area (Å²) < 4.78 is 0. The SMILES string of the molecule is CNC(=O)C1CCN(C(=O)CN2CCC(c3ccccc3)C2)CC1. The van der Waals surface area contributed by atoms with Crippen molar-refractivity contribution >= 4 is 11.8 Å². The Morgan fingerprint density at radius 2 is 1.79 bits per heavy atom. The van der Waals surface area contributed by atoms with E-state index in [0.717, 1.165) is 32.4 Å². The van der Waals surface area contributed by atoms with Crippen LogP contribution in [-0.2, 0) is 9.59 Å². The van der Waals surface area contributed by atoms with Gasteiger partial charge in [0.25, 0.3) is 0 Å². The minimum atomic E-state index is 0.0632. The maximum Gasteiger partial charge on any atom is 0.236 e. The first kappa shape index (κ1) is 17.0. The predicted octanol–water partition coefficient (Wildman–Crippen LogP) is 1.46. The molecular weight excluding hydrogens is 302 g/mol. The number of piperidine rings is 1. The van der Waals surface area contributed by atoms with Crippen LogP contribution in [0.5, 0.6) is 0 Å². The maximum atomic E-state index is 12.5. The molecule has 1 aromatic carbocycles. The van der Waals surface area contributed by atoms with Crippen LogP contribution < -0.4 is 5.32 Å². The number of rotatable bonds is 4. The quantitative estimate of drug-likeness (QED) is 0.910. The first-order chi connectivity index (χ1) is 11.7. The van der Waals surface area contributed by atoms with Crippen molar-refractivity contribution in [3.63, 3.8) is 0 Å². The molecule has 0 spiro atoms. The molecule has 2 aliphatic rings. The third-order valence-electron chi connectivity index (χ3n) is 5.37. The van der Waals surface area contributed by atoms with Crippen molar-refractivity contribution in [2.75, 3.05) is 39.8 Å². The van der Waals surface area contributed by atoms with Gasteiger partial charge in [0.2, 0.25) is 11.8 Å². The van der Waals surface area contributed by atoms with E-state index in [2.05, 4.69) is 34.5 Å². The Labute approximate surface area is 144 Å². The average Bonchev–Trinajstić information content (AvgIpc) is 3.10. The molecule has 2 heterocycles. The summed E-state index contributed by atoms with van der Waals surface area (Å²) in [5, 5.41) is 2.71. The summed E-state index contributed by atoms with van der Waals surface area (Å²) in [4.78, 5) is 28.4. The van der Waals surface area contributed by atoms with E-state index in [0.29, 0.717) is 25.6 Å². The summed E-state index contributed by atoms with van der Waals surface area (Å²) in [5.74, 6) is 0.915. The van der Waals surface area contributed by atoms with Crippen molar-refractivity contribution in [3.05, 3.63) is 35.9 Å². The number of hydrogen-bond donors (Lipinski definition) is 1. The molecule has 130 valence electrons. The summed E-state index contributed by atoms with van der Waals surface area (Å²) in [6.07, 6.45) is 2.67. The summed E-state index contributed by atoms with van der Waals surface area (Å²) >= 11 is 0. The van der Waals surface area contributed by atoms with Gasteiger partial charge < -0.3 is 10.2 Å². The molecule has 24 heavy (non-hydrogen) atoms. The van der Waals surface area contributed by atoms with Gasteiger partial charge in [0, 0.05) is 32.6 Å². The van der Waals surface area contributed by atoms with E-state index in [9.17, 15) is 9.59 Å². The summed E-state index contributed by atoms with van der Waals surface area (Å²) in [5.41, 5.74) is 1.37. The number of benzene rings is 1. The Morgan fingerprint density at radius 1 is 1.08 bits per heavy atom. The highest BCUT2D eigenvalue weighted by molar-refractivity contribution is 5.80. The summed E-state index contributed by atoms with van der Waals surface area (Å²) in [6.45, 7) is 3.86. The van der Waals surface area contributed by atoms with Gasteiger partial charge in [0.1, 0.15) is 0 Å². The maximum absolute atomic E-state index is 12.5. The van der Waals surface area contributed by atoms with Gasteiger partial charge in [0.15, 0.2) is 0 Å².